The molecule has 0 fully saturated rings. The summed E-state index contributed by atoms with van der Waals surface area (Å²) >= 11 is 0. The van der Waals surface area contributed by atoms with E-state index in [-0.39, 0.29) is 11.2 Å². The standard InChI is InChI=1S/C14H20O2S/c1-10-6-5-7-11-12(14(2,3)4)8-9-17(15,16)13(10)11/h5-7,12H,8-9H2,1-4H3. The highest BCUT2D eigenvalue weighted by Crippen LogP contribution is 2.44. The predicted octanol–water partition coefficient (Wildman–Crippen LogP) is 3.30. The van der Waals surface area contributed by atoms with Crippen LogP contribution in [0.5, 0.6) is 0 Å². The van der Waals surface area contributed by atoms with Crippen LogP contribution in [0.3, 0.4) is 0 Å². The fourth-order valence-electron chi connectivity index (χ4n) is 2.80. The average molecular weight is 252 g/mol. The van der Waals surface area contributed by atoms with Crippen LogP contribution in [0.2, 0.25) is 0 Å². The SMILES string of the molecule is Cc1cccc2c1S(=O)(=O)CCC2C(C)(C)C. The summed E-state index contributed by atoms with van der Waals surface area (Å²) in [6.45, 7) is 8.44. The van der Waals surface area contributed by atoms with Gasteiger partial charge in [-0.3, -0.25) is 0 Å². The van der Waals surface area contributed by atoms with Crippen LogP contribution in [0.25, 0.3) is 0 Å². The molecule has 0 amide bonds. The van der Waals surface area contributed by atoms with Gasteiger partial charge in [0.1, 0.15) is 0 Å². The van der Waals surface area contributed by atoms with Gasteiger partial charge in [0.15, 0.2) is 9.84 Å². The van der Waals surface area contributed by atoms with E-state index in [1.807, 2.05) is 25.1 Å². The van der Waals surface area contributed by atoms with Crippen LogP contribution in [0, 0.1) is 12.3 Å². The van der Waals surface area contributed by atoms with Gasteiger partial charge >= 0.3 is 0 Å². The second-order valence-electron chi connectivity index (χ2n) is 6.02. The molecule has 0 N–H and O–H groups in total. The van der Waals surface area contributed by atoms with Crippen LogP contribution in [-0.4, -0.2) is 14.2 Å². The predicted molar refractivity (Wildman–Crippen MR) is 70.0 cm³/mol. The molecule has 0 spiro atoms. The summed E-state index contributed by atoms with van der Waals surface area (Å²) in [5.74, 6) is 0.619. The summed E-state index contributed by atoms with van der Waals surface area (Å²) in [6, 6.07) is 5.84. The van der Waals surface area contributed by atoms with E-state index in [1.165, 1.54) is 0 Å². The number of fused-ring (bicyclic) bond motifs is 1. The minimum absolute atomic E-state index is 0.110. The Bertz CT molecular complexity index is 536. The summed E-state index contributed by atoms with van der Waals surface area (Å²) in [6.07, 6.45) is 0.738. The summed E-state index contributed by atoms with van der Waals surface area (Å²) in [5.41, 5.74) is 2.01. The van der Waals surface area contributed by atoms with Crippen LogP contribution in [0.15, 0.2) is 23.1 Å². The van der Waals surface area contributed by atoms with Gasteiger partial charge in [-0.05, 0) is 35.8 Å². The van der Waals surface area contributed by atoms with E-state index < -0.39 is 9.84 Å². The van der Waals surface area contributed by atoms with E-state index in [2.05, 4.69) is 20.8 Å². The molecule has 1 unspecified atom stereocenters. The summed E-state index contributed by atoms with van der Waals surface area (Å²) in [4.78, 5) is 0.589. The molecule has 2 rings (SSSR count). The molecule has 94 valence electrons. The first-order chi connectivity index (χ1) is 7.73. The summed E-state index contributed by atoms with van der Waals surface area (Å²) in [5, 5.41) is 0. The van der Waals surface area contributed by atoms with E-state index in [0.29, 0.717) is 10.8 Å². The largest absolute Gasteiger partial charge is 0.224 e. The maximum absolute atomic E-state index is 12.2. The van der Waals surface area contributed by atoms with Crippen molar-refractivity contribution in [3.05, 3.63) is 29.3 Å². The van der Waals surface area contributed by atoms with E-state index >= 15 is 0 Å². The molecule has 1 atom stereocenters. The van der Waals surface area contributed by atoms with Gasteiger partial charge < -0.3 is 0 Å². The molecule has 1 aliphatic heterocycles. The molecule has 1 aliphatic rings. The summed E-state index contributed by atoms with van der Waals surface area (Å²) in [7, 11) is -3.07. The number of benzene rings is 1. The maximum Gasteiger partial charge on any atom is 0.178 e. The number of sulfone groups is 1. The first kappa shape index (κ1) is 12.6. The lowest BCUT2D eigenvalue weighted by Gasteiger charge is -2.36. The van der Waals surface area contributed by atoms with Gasteiger partial charge in [0.25, 0.3) is 0 Å². The number of hydrogen-bond acceptors (Lipinski definition) is 2. The van der Waals surface area contributed by atoms with Crippen LogP contribution in [0.4, 0.5) is 0 Å². The molecule has 0 saturated carbocycles. The number of aryl methyl sites for hydroxylation is 1. The molecule has 0 saturated heterocycles. The van der Waals surface area contributed by atoms with Crippen molar-refractivity contribution in [2.24, 2.45) is 5.41 Å². The third-order valence-electron chi connectivity index (χ3n) is 3.65. The van der Waals surface area contributed by atoms with Gasteiger partial charge in [0.05, 0.1) is 10.6 Å². The lowest BCUT2D eigenvalue weighted by molar-refractivity contribution is 0.305. The fraction of sp³-hybridized carbons (Fsp3) is 0.571. The smallest absolute Gasteiger partial charge is 0.178 e. The van der Waals surface area contributed by atoms with Crippen molar-refractivity contribution in [3.63, 3.8) is 0 Å². The zero-order chi connectivity index (χ0) is 12.8. The molecule has 1 heterocycles. The van der Waals surface area contributed by atoms with Gasteiger partial charge in [0, 0.05) is 0 Å². The number of hydrogen-bond donors (Lipinski definition) is 0. The zero-order valence-electron chi connectivity index (χ0n) is 10.9. The van der Waals surface area contributed by atoms with Crippen molar-refractivity contribution in [3.8, 4) is 0 Å². The van der Waals surface area contributed by atoms with Gasteiger partial charge in [-0.1, -0.05) is 39.0 Å². The van der Waals surface area contributed by atoms with Crippen LogP contribution in [-0.2, 0) is 9.84 Å². The third kappa shape index (κ3) is 2.13. The van der Waals surface area contributed by atoms with Gasteiger partial charge in [-0.2, -0.15) is 0 Å². The van der Waals surface area contributed by atoms with Crippen molar-refractivity contribution in [2.45, 2.75) is 44.9 Å². The highest BCUT2D eigenvalue weighted by atomic mass is 32.2. The quantitative estimate of drug-likeness (QED) is 0.710. The van der Waals surface area contributed by atoms with Gasteiger partial charge in [-0.25, -0.2) is 8.42 Å². The van der Waals surface area contributed by atoms with Crippen LogP contribution < -0.4 is 0 Å². The van der Waals surface area contributed by atoms with Crippen LogP contribution in [0.1, 0.15) is 44.2 Å². The second-order valence-corrected chi connectivity index (χ2v) is 8.07. The topological polar surface area (TPSA) is 34.1 Å². The van der Waals surface area contributed by atoms with E-state index in [0.717, 1.165) is 17.5 Å². The Morgan fingerprint density at radius 2 is 1.88 bits per heavy atom. The molecular formula is C14H20O2S. The van der Waals surface area contributed by atoms with E-state index in [1.54, 1.807) is 0 Å². The molecule has 1 aromatic carbocycles. The molecular weight excluding hydrogens is 232 g/mol. The van der Waals surface area contributed by atoms with Crippen molar-refractivity contribution in [2.75, 3.05) is 5.75 Å². The maximum atomic E-state index is 12.2. The molecule has 3 heteroatoms. The lowest BCUT2D eigenvalue weighted by Crippen LogP contribution is -2.28. The minimum atomic E-state index is -3.07. The molecule has 2 nitrogen and oxygen atoms in total. The first-order valence-electron chi connectivity index (χ1n) is 6.06. The highest BCUT2D eigenvalue weighted by molar-refractivity contribution is 7.91. The lowest BCUT2D eigenvalue weighted by atomic mass is 9.74. The molecule has 0 aromatic heterocycles. The van der Waals surface area contributed by atoms with Gasteiger partial charge in [0.2, 0.25) is 0 Å². The van der Waals surface area contributed by atoms with E-state index in [9.17, 15) is 8.42 Å². The number of rotatable bonds is 0. The van der Waals surface area contributed by atoms with E-state index in [4.69, 9.17) is 0 Å². The minimum Gasteiger partial charge on any atom is -0.224 e. The zero-order valence-corrected chi connectivity index (χ0v) is 11.8. The Kier molecular flexibility index (Phi) is 2.85. The average Bonchev–Trinajstić information content (AvgIpc) is 2.14. The van der Waals surface area contributed by atoms with Crippen LogP contribution >= 0.6 is 0 Å². The third-order valence-corrected chi connectivity index (χ3v) is 5.60. The molecule has 0 bridgehead atoms. The summed E-state index contributed by atoms with van der Waals surface area (Å²) < 4.78 is 24.3. The molecule has 0 aliphatic carbocycles. The molecule has 0 radical (unpaired) electrons. The Morgan fingerprint density at radius 3 is 2.47 bits per heavy atom. The van der Waals surface area contributed by atoms with Crippen molar-refractivity contribution < 1.29 is 8.42 Å². The Balaban J connectivity index is 2.69. The van der Waals surface area contributed by atoms with Crippen molar-refractivity contribution in [1.82, 2.24) is 0 Å². The van der Waals surface area contributed by atoms with Gasteiger partial charge in [-0.15, -0.1) is 0 Å². The normalized spacial score (nSPS) is 23.2. The monoisotopic (exact) mass is 252 g/mol. The first-order valence-corrected chi connectivity index (χ1v) is 7.71. The van der Waals surface area contributed by atoms with Crippen molar-refractivity contribution in [1.29, 1.82) is 0 Å². The highest BCUT2D eigenvalue weighted by Gasteiger charge is 2.37. The molecule has 1 aromatic rings. The van der Waals surface area contributed by atoms with Crippen molar-refractivity contribution >= 4 is 9.84 Å². The second kappa shape index (κ2) is 3.84. The fourth-order valence-corrected chi connectivity index (χ4v) is 4.68. The Labute approximate surface area is 104 Å². The Hall–Kier alpha value is -0.830. The molecule has 17 heavy (non-hydrogen) atoms. The Morgan fingerprint density at radius 1 is 1.24 bits per heavy atom.